The van der Waals surface area contributed by atoms with Gasteiger partial charge in [0.15, 0.2) is 0 Å². The number of piperidine rings is 1. The van der Waals surface area contributed by atoms with Crippen molar-refractivity contribution in [3.63, 3.8) is 0 Å². The lowest BCUT2D eigenvalue weighted by Gasteiger charge is -2.31. The Hall–Kier alpha value is -0.0400. The van der Waals surface area contributed by atoms with E-state index in [0.717, 1.165) is 12.8 Å². The molecule has 1 aromatic carbocycles. The second-order valence-electron chi connectivity index (χ2n) is 4.94. The van der Waals surface area contributed by atoms with Crippen LogP contribution in [-0.2, 0) is 15.8 Å². The van der Waals surface area contributed by atoms with Crippen LogP contribution in [0.5, 0.6) is 0 Å². The number of sulfonamides is 1. The van der Waals surface area contributed by atoms with Crippen LogP contribution in [0.15, 0.2) is 18.2 Å². The summed E-state index contributed by atoms with van der Waals surface area (Å²) in [6.07, 6.45) is 1.86. The van der Waals surface area contributed by atoms with Crippen molar-refractivity contribution in [2.24, 2.45) is 0 Å². The molecule has 0 spiro atoms. The van der Waals surface area contributed by atoms with Gasteiger partial charge in [-0.3, -0.25) is 0 Å². The van der Waals surface area contributed by atoms with Crippen molar-refractivity contribution in [2.45, 2.75) is 24.6 Å². The van der Waals surface area contributed by atoms with E-state index in [0.29, 0.717) is 28.7 Å². The van der Waals surface area contributed by atoms with E-state index < -0.39 is 10.0 Å². The average molecular weight is 374 g/mol. The molecule has 0 saturated carbocycles. The molecular formula is C13H19Cl3N2O2S. The number of nitrogens with one attached hydrogen (secondary N) is 1. The lowest BCUT2D eigenvalue weighted by Crippen LogP contribution is -2.47. The summed E-state index contributed by atoms with van der Waals surface area (Å²) in [5, 5.41) is 3.92. The molecule has 0 radical (unpaired) electrons. The molecule has 4 nitrogen and oxygen atoms in total. The molecule has 1 aromatic rings. The number of likely N-dealkylation sites (N-methyl/N-ethyl adjacent to an activating group) is 1. The van der Waals surface area contributed by atoms with E-state index in [1.54, 1.807) is 18.2 Å². The summed E-state index contributed by atoms with van der Waals surface area (Å²) in [5.74, 6) is -0.151. The lowest BCUT2D eigenvalue weighted by atomic mass is 10.1. The van der Waals surface area contributed by atoms with E-state index in [1.807, 2.05) is 7.05 Å². The van der Waals surface area contributed by atoms with Crippen LogP contribution >= 0.6 is 35.6 Å². The molecule has 8 heteroatoms. The summed E-state index contributed by atoms with van der Waals surface area (Å²) < 4.78 is 26.5. The van der Waals surface area contributed by atoms with Crippen LogP contribution in [-0.4, -0.2) is 38.9 Å². The van der Waals surface area contributed by atoms with E-state index in [1.165, 1.54) is 4.31 Å². The Labute approximate surface area is 142 Å². The van der Waals surface area contributed by atoms with E-state index >= 15 is 0 Å². The van der Waals surface area contributed by atoms with Crippen molar-refractivity contribution >= 4 is 45.6 Å². The molecule has 0 bridgehead atoms. The molecule has 120 valence electrons. The van der Waals surface area contributed by atoms with Crippen LogP contribution in [0.2, 0.25) is 10.0 Å². The number of hydrogen-bond acceptors (Lipinski definition) is 3. The Kier molecular flexibility index (Phi) is 7.24. The smallest absolute Gasteiger partial charge is 0.218 e. The molecule has 1 heterocycles. The maximum atomic E-state index is 12.5. The fraction of sp³-hybridized carbons (Fsp3) is 0.538. The fourth-order valence-electron chi connectivity index (χ4n) is 2.37. The van der Waals surface area contributed by atoms with Crippen LogP contribution in [0.25, 0.3) is 0 Å². The highest BCUT2D eigenvalue weighted by molar-refractivity contribution is 7.88. The highest BCUT2D eigenvalue weighted by Gasteiger charge is 2.29. The zero-order chi connectivity index (χ0) is 14.8. The molecule has 21 heavy (non-hydrogen) atoms. The molecule has 1 saturated heterocycles. The highest BCUT2D eigenvalue weighted by Crippen LogP contribution is 2.28. The minimum atomic E-state index is -3.40. The van der Waals surface area contributed by atoms with Gasteiger partial charge in [-0.2, -0.15) is 0 Å². The summed E-state index contributed by atoms with van der Waals surface area (Å²) in [6, 6.07) is 5.23. The first-order chi connectivity index (χ1) is 9.44. The Balaban J connectivity index is 0.00000220. The first-order valence-corrected chi connectivity index (χ1v) is 8.88. The maximum absolute atomic E-state index is 12.5. The van der Waals surface area contributed by atoms with Crippen LogP contribution in [0.1, 0.15) is 18.4 Å². The molecule has 1 fully saturated rings. The van der Waals surface area contributed by atoms with Crippen molar-refractivity contribution in [3.05, 3.63) is 33.8 Å². The van der Waals surface area contributed by atoms with Gasteiger partial charge in [-0.1, -0.05) is 29.3 Å². The standard InChI is InChI=1S/C13H18Cl2N2O2S.ClH/c1-16-10-4-3-7-17(8-10)20(18,19)9-11-12(14)5-2-6-13(11)15;/h2,5-6,10,16H,3-4,7-9H2,1H3;1H. The highest BCUT2D eigenvalue weighted by atomic mass is 35.5. The van der Waals surface area contributed by atoms with Gasteiger partial charge in [-0.05, 0) is 32.0 Å². The number of rotatable bonds is 4. The van der Waals surface area contributed by atoms with Crippen molar-refractivity contribution in [2.75, 3.05) is 20.1 Å². The van der Waals surface area contributed by atoms with Gasteiger partial charge in [0.1, 0.15) is 0 Å². The summed E-state index contributed by atoms with van der Waals surface area (Å²) >= 11 is 12.1. The molecule has 0 amide bonds. The van der Waals surface area contributed by atoms with Crippen LogP contribution in [0, 0.1) is 0 Å². The number of hydrogen-bond donors (Lipinski definition) is 1. The maximum Gasteiger partial charge on any atom is 0.218 e. The van der Waals surface area contributed by atoms with Crippen LogP contribution < -0.4 is 5.32 Å². The van der Waals surface area contributed by atoms with E-state index in [4.69, 9.17) is 23.2 Å². The predicted molar refractivity (Wildman–Crippen MR) is 90.0 cm³/mol. The lowest BCUT2D eigenvalue weighted by molar-refractivity contribution is 0.292. The van der Waals surface area contributed by atoms with E-state index in [2.05, 4.69) is 5.32 Å². The second-order valence-corrected chi connectivity index (χ2v) is 7.73. The molecule has 1 unspecified atom stereocenters. The van der Waals surface area contributed by atoms with Gasteiger partial charge in [-0.25, -0.2) is 12.7 Å². The summed E-state index contributed by atoms with van der Waals surface area (Å²) in [5.41, 5.74) is 0.474. The SMILES string of the molecule is CNC1CCCN(S(=O)(=O)Cc2c(Cl)cccc2Cl)C1.Cl. The molecule has 1 atom stereocenters. The van der Waals surface area contributed by atoms with E-state index in [9.17, 15) is 8.42 Å². The summed E-state index contributed by atoms with van der Waals surface area (Å²) in [6.45, 7) is 1.06. The van der Waals surface area contributed by atoms with Gasteiger partial charge in [-0.15, -0.1) is 12.4 Å². The summed E-state index contributed by atoms with van der Waals surface area (Å²) in [4.78, 5) is 0. The Morgan fingerprint density at radius 2 is 1.95 bits per heavy atom. The number of halogens is 3. The zero-order valence-corrected chi connectivity index (χ0v) is 14.8. The van der Waals surface area contributed by atoms with Gasteiger partial charge in [0, 0.05) is 34.7 Å². The van der Waals surface area contributed by atoms with Crippen molar-refractivity contribution in [1.82, 2.24) is 9.62 Å². The average Bonchev–Trinajstić information content (AvgIpc) is 2.43. The van der Waals surface area contributed by atoms with Gasteiger partial charge in [0.05, 0.1) is 5.75 Å². The fourth-order valence-corrected chi connectivity index (χ4v) is 4.74. The molecule has 1 aliphatic heterocycles. The molecule has 1 aliphatic rings. The molecule has 1 N–H and O–H groups in total. The minimum Gasteiger partial charge on any atom is -0.316 e. The number of benzene rings is 1. The van der Waals surface area contributed by atoms with Crippen LogP contribution in [0.4, 0.5) is 0 Å². The van der Waals surface area contributed by atoms with Gasteiger partial charge < -0.3 is 5.32 Å². The van der Waals surface area contributed by atoms with E-state index in [-0.39, 0.29) is 24.2 Å². The Morgan fingerprint density at radius 3 is 2.52 bits per heavy atom. The quantitative estimate of drug-likeness (QED) is 0.883. The van der Waals surface area contributed by atoms with Gasteiger partial charge in [0.25, 0.3) is 0 Å². The van der Waals surface area contributed by atoms with Crippen molar-refractivity contribution < 1.29 is 8.42 Å². The topological polar surface area (TPSA) is 49.4 Å². The largest absolute Gasteiger partial charge is 0.316 e. The van der Waals surface area contributed by atoms with Crippen LogP contribution in [0.3, 0.4) is 0 Å². The molecular weight excluding hydrogens is 355 g/mol. The first kappa shape index (κ1) is 19.0. The second kappa shape index (κ2) is 7.99. The summed E-state index contributed by atoms with van der Waals surface area (Å²) in [7, 11) is -1.55. The van der Waals surface area contributed by atoms with Gasteiger partial charge in [0.2, 0.25) is 10.0 Å². The normalized spacial score (nSPS) is 20.0. The predicted octanol–water partition coefficient (Wildman–Crippen LogP) is 2.93. The van der Waals surface area contributed by atoms with Crippen molar-refractivity contribution in [1.29, 1.82) is 0 Å². The van der Waals surface area contributed by atoms with Crippen molar-refractivity contribution in [3.8, 4) is 0 Å². The third-order valence-corrected chi connectivity index (χ3v) is 6.05. The minimum absolute atomic E-state index is 0. The first-order valence-electron chi connectivity index (χ1n) is 6.52. The van der Waals surface area contributed by atoms with Gasteiger partial charge >= 0.3 is 0 Å². The molecule has 0 aliphatic carbocycles. The zero-order valence-electron chi connectivity index (χ0n) is 11.7. The third kappa shape index (κ3) is 4.71. The Morgan fingerprint density at radius 1 is 1.33 bits per heavy atom. The monoisotopic (exact) mass is 372 g/mol. The third-order valence-electron chi connectivity index (χ3n) is 3.57. The Bertz CT molecular complexity index is 561. The number of nitrogens with zero attached hydrogens (tertiary/aromatic N) is 1. The molecule has 0 aromatic heterocycles. The molecule has 2 rings (SSSR count).